The van der Waals surface area contributed by atoms with E-state index in [0.29, 0.717) is 34.3 Å². The zero-order valence-electron chi connectivity index (χ0n) is 17.7. The maximum atomic E-state index is 11.9. The second kappa shape index (κ2) is 9.43. The first-order valence-corrected chi connectivity index (χ1v) is 11.4. The predicted octanol–water partition coefficient (Wildman–Crippen LogP) is 3.27. The van der Waals surface area contributed by atoms with Gasteiger partial charge in [-0.2, -0.15) is 24.5 Å². The Bertz CT molecular complexity index is 1330. The van der Waals surface area contributed by atoms with Crippen LogP contribution < -0.4 is 16.6 Å². The second-order valence-electron chi connectivity index (χ2n) is 7.01. The summed E-state index contributed by atoms with van der Waals surface area (Å²) >= 11 is 0. The number of benzene rings is 3. The lowest BCUT2D eigenvalue weighted by Crippen LogP contribution is -2.11. The van der Waals surface area contributed by atoms with Crippen LogP contribution in [0.25, 0.3) is 34.2 Å². The third kappa shape index (κ3) is 4.59. The second-order valence-corrected chi connectivity index (χ2v) is 8.58. The van der Waals surface area contributed by atoms with Crippen LogP contribution in [0.15, 0.2) is 77.7 Å². The summed E-state index contributed by atoms with van der Waals surface area (Å²) in [7, 11) is -4.02. The van der Waals surface area contributed by atoms with Crippen LogP contribution in [0.4, 0.5) is 0 Å². The zero-order valence-corrected chi connectivity index (χ0v) is 18.5. The molecule has 0 fully saturated rings. The number of hydrogen-bond donors (Lipinski definition) is 2. The molecule has 4 aromatic rings. The lowest BCUT2D eigenvalue weighted by molar-refractivity contribution is 0.333. The van der Waals surface area contributed by atoms with E-state index in [-0.39, 0.29) is 4.90 Å². The van der Waals surface area contributed by atoms with Crippen molar-refractivity contribution >= 4 is 10.1 Å². The number of nitrogens with zero attached hydrogens (tertiary/aromatic N) is 3. The molecule has 0 amide bonds. The number of aryl methyl sites for hydroxylation is 1. The molecule has 0 atom stereocenters. The fourth-order valence-electron chi connectivity index (χ4n) is 3.37. The molecule has 0 saturated heterocycles. The Kier molecular flexibility index (Phi) is 6.43. The van der Waals surface area contributed by atoms with Gasteiger partial charge in [0.15, 0.2) is 23.2 Å². The maximum Gasteiger partial charge on any atom is 0.312 e. The predicted molar refractivity (Wildman–Crippen MR) is 123 cm³/mol. The van der Waals surface area contributed by atoms with Crippen molar-refractivity contribution in [2.75, 3.05) is 0 Å². The van der Waals surface area contributed by atoms with Crippen LogP contribution in [0.5, 0.6) is 5.75 Å². The largest absolute Gasteiger partial charge is 0.411 e. The summed E-state index contributed by atoms with van der Waals surface area (Å²) in [6.45, 7) is 2.05. The van der Waals surface area contributed by atoms with Crippen molar-refractivity contribution in [2.24, 2.45) is 11.8 Å². The molecule has 0 aliphatic rings. The van der Waals surface area contributed by atoms with Gasteiger partial charge in [0, 0.05) is 11.1 Å². The van der Waals surface area contributed by atoms with Crippen LogP contribution >= 0.6 is 0 Å². The van der Waals surface area contributed by atoms with Gasteiger partial charge in [-0.1, -0.05) is 43.3 Å². The van der Waals surface area contributed by atoms with E-state index in [1.54, 1.807) is 30.3 Å². The molecule has 4 N–H and O–H groups in total. The summed E-state index contributed by atoms with van der Waals surface area (Å²) in [5.74, 6) is 11.9. The Labute approximate surface area is 191 Å². The number of nitrogens with two attached hydrogens (primary N) is 2. The molecule has 33 heavy (non-hydrogen) atoms. The van der Waals surface area contributed by atoms with Crippen molar-refractivity contribution in [3.8, 4) is 39.9 Å². The molecule has 1 heterocycles. The van der Waals surface area contributed by atoms with Crippen LogP contribution in [0, 0.1) is 0 Å². The Morgan fingerprint density at radius 1 is 0.758 bits per heavy atom. The van der Waals surface area contributed by atoms with Gasteiger partial charge in [0.1, 0.15) is 0 Å². The molecule has 1 aromatic heterocycles. The molecular formula is C23H21N5O4S. The van der Waals surface area contributed by atoms with E-state index in [9.17, 15) is 8.42 Å². The summed E-state index contributed by atoms with van der Waals surface area (Å²) in [6.07, 6.45) is 0.792. The third-order valence-corrected chi connectivity index (χ3v) is 6.16. The van der Waals surface area contributed by atoms with Gasteiger partial charge < -0.3 is 4.84 Å². The summed E-state index contributed by atoms with van der Waals surface area (Å²) in [5, 5.41) is 0. The van der Waals surface area contributed by atoms with E-state index in [2.05, 4.69) is 21.2 Å². The highest BCUT2D eigenvalue weighted by atomic mass is 32.2. The molecule has 9 nitrogen and oxygen atoms in total. The Balaban J connectivity index is 1.92. The highest BCUT2D eigenvalue weighted by Crippen LogP contribution is 2.31. The number of para-hydroxylation sites is 1. The molecule has 0 saturated carbocycles. The van der Waals surface area contributed by atoms with Crippen LogP contribution in [0.2, 0.25) is 0 Å². The van der Waals surface area contributed by atoms with Gasteiger partial charge in [0.05, 0.1) is 10.5 Å². The first kappa shape index (κ1) is 22.5. The SMILES string of the molecule is CCc1ccccc1-c1nc(-c2ccc(S(=O)(=O)ON)cc2)nc(-c2ccccc2ON)n1. The van der Waals surface area contributed by atoms with Crippen molar-refractivity contribution in [3.05, 3.63) is 78.4 Å². The molecule has 10 heteroatoms. The van der Waals surface area contributed by atoms with Crippen LogP contribution in [0.3, 0.4) is 0 Å². The Morgan fingerprint density at radius 2 is 1.33 bits per heavy atom. The summed E-state index contributed by atoms with van der Waals surface area (Å²) in [6, 6.07) is 20.9. The third-order valence-electron chi connectivity index (χ3n) is 5.06. The van der Waals surface area contributed by atoms with Crippen molar-refractivity contribution in [2.45, 2.75) is 18.2 Å². The van der Waals surface area contributed by atoms with E-state index in [1.165, 1.54) is 12.1 Å². The molecule has 0 aliphatic heterocycles. The van der Waals surface area contributed by atoms with Gasteiger partial charge in [-0.3, -0.25) is 0 Å². The van der Waals surface area contributed by atoms with Gasteiger partial charge in [0.25, 0.3) is 0 Å². The minimum Gasteiger partial charge on any atom is -0.411 e. The van der Waals surface area contributed by atoms with E-state index < -0.39 is 10.1 Å². The first-order chi connectivity index (χ1) is 16.0. The molecular weight excluding hydrogens is 442 g/mol. The molecule has 0 radical (unpaired) electrons. The van der Waals surface area contributed by atoms with E-state index >= 15 is 0 Å². The molecule has 0 bridgehead atoms. The molecule has 0 spiro atoms. The topological polar surface area (TPSA) is 143 Å². The quantitative estimate of drug-likeness (QED) is 0.395. The highest BCUT2D eigenvalue weighted by molar-refractivity contribution is 7.86. The van der Waals surface area contributed by atoms with Crippen molar-refractivity contribution < 1.29 is 17.5 Å². The normalized spacial score (nSPS) is 11.4. The fraction of sp³-hybridized carbons (Fsp3) is 0.0870. The van der Waals surface area contributed by atoms with Crippen molar-refractivity contribution in [1.82, 2.24) is 15.0 Å². The summed E-state index contributed by atoms with van der Waals surface area (Å²) in [4.78, 5) is 18.9. The maximum absolute atomic E-state index is 11.9. The number of aromatic nitrogens is 3. The van der Waals surface area contributed by atoms with E-state index in [1.807, 2.05) is 30.3 Å². The van der Waals surface area contributed by atoms with Gasteiger partial charge in [0.2, 0.25) is 0 Å². The zero-order chi connectivity index (χ0) is 23.4. The molecule has 168 valence electrons. The molecule has 0 unspecified atom stereocenters. The van der Waals surface area contributed by atoms with Crippen LogP contribution in [0.1, 0.15) is 12.5 Å². The molecule has 4 rings (SSSR count). The van der Waals surface area contributed by atoms with Gasteiger partial charge in [-0.25, -0.2) is 15.0 Å². The minimum absolute atomic E-state index is 0.0820. The lowest BCUT2D eigenvalue weighted by atomic mass is 10.0. The number of rotatable bonds is 7. The minimum atomic E-state index is -4.02. The number of hydrogen-bond acceptors (Lipinski definition) is 9. The standard InChI is InChI=1S/C23H21N5O4S/c1-2-15-7-3-4-8-18(15)22-26-21(16-11-13-17(14-12-16)33(29,30)32-25)27-23(28-22)19-9-5-6-10-20(19)31-24/h3-14H,2,24-25H2,1H3. The lowest BCUT2D eigenvalue weighted by Gasteiger charge is -2.12. The first-order valence-electron chi connectivity index (χ1n) is 10.0. The van der Waals surface area contributed by atoms with E-state index in [4.69, 9.17) is 21.6 Å². The fourth-order valence-corrected chi connectivity index (χ4v) is 3.95. The molecule has 0 aliphatic carbocycles. The van der Waals surface area contributed by atoms with Gasteiger partial charge in [-0.05, 0) is 48.4 Å². The van der Waals surface area contributed by atoms with Crippen LogP contribution in [-0.4, -0.2) is 23.4 Å². The smallest absolute Gasteiger partial charge is 0.312 e. The van der Waals surface area contributed by atoms with Crippen LogP contribution in [-0.2, 0) is 20.8 Å². The van der Waals surface area contributed by atoms with Gasteiger partial charge >= 0.3 is 10.1 Å². The summed E-state index contributed by atoms with van der Waals surface area (Å²) in [5.41, 5.74) is 3.11. The average Bonchev–Trinajstić information content (AvgIpc) is 2.88. The monoisotopic (exact) mass is 463 g/mol. The Hall–Kier alpha value is -3.70. The Morgan fingerprint density at radius 3 is 1.97 bits per heavy atom. The van der Waals surface area contributed by atoms with Crippen molar-refractivity contribution in [1.29, 1.82) is 0 Å². The van der Waals surface area contributed by atoms with Gasteiger partial charge in [-0.15, -0.1) is 0 Å². The van der Waals surface area contributed by atoms with E-state index in [0.717, 1.165) is 17.5 Å². The molecule has 3 aromatic carbocycles. The highest BCUT2D eigenvalue weighted by Gasteiger charge is 2.18. The van der Waals surface area contributed by atoms with Crippen molar-refractivity contribution in [3.63, 3.8) is 0 Å². The average molecular weight is 464 g/mol. The summed E-state index contributed by atoms with van der Waals surface area (Å²) < 4.78 is 27.8.